The number of sulfonamides is 1. The Bertz CT molecular complexity index is 1060. The SMILES string of the molecule is CCN(CC)S(=O)(=O)c1ccc(CNC(=O)CCC(=O)c2ccc3c(c2)CCCC3)cc1. The van der Waals surface area contributed by atoms with Crippen LogP contribution < -0.4 is 5.32 Å². The molecule has 1 amide bonds. The molecule has 0 radical (unpaired) electrons. The normalized spacial score (nSPS) is 13.6. The topological polar surface area (TPSA) is 83.6 Å². The Morgan fingerprint density at radius 2 is 1.56 bits per heavy atom. The number of hydrogen-bond acceptors (Lipinski definition) is 4. The monoisotopic (exact) mass is 456 g/mol. The zero-order chi connectivity index (χ0) is 23.1. The molecule has 32 heavy (non-hydrogen) atoms. The van der Waals surface area contributed by atoms with Crippen molar-refractivity contribution < 1.29 is 18.0 Å². The summed E-state index contributed by atoms with van der Waals surface area (Å²) in [4.78, 5) is 25.0. The van der Waals surface area contributed by atoms with Crippen molar-refractivity contribution in [1.29, 1.82) is 0 Å². The van der Waals surface area contributed by atoms with Crippen molar-refractivity contribution in [2.75, 3.05) is 13.1 Å². The number of ketones is 1. The summed E-state index contributed by atoms with van der Waals surface area (Å²) in [5, 5.41) is 2.81. The predicted molar refractivity (Wildman–Crippen MR) is 125 cm³/mol. The van der Waals surface area contributed by atoms with Gasteiger partial charge in [-0.3, -0.25) is 9.59 Å². The molecule has 0 atom stereocenters. The van der Waals surface area contributed by atoms with Crippen molar-refractivity contribution in [2.45, 2.75) is 63.8 Å². The van der Waals surface area contributed by atoms with E-state index in [1.807, 2.05) is 18.2 Å². The first-order valence-electron chi connectivity index (χ1n) is 11.4. The Kier molecular flexibility index (Phi) is 8.21. The molecule has 0 heterocycles. The molecule has 2 aromatic carbocycles. The van der Waals surface area contributed by atoms with Crippen LogP contribution in [0.4, 0.5) is 0 Å². The molecule has 1 aliphatic rings. The van der Waals surface area contributed by atoms with Crippen LogP contribution in [0.25, 0.3) is 0 Å². The molecule has 0 spiro atoms. The molecule has 2 aromatic rings. The van der Waals surface area contributed by atoms with Gasteiger partial charge in [0.2, 0.25) is 15.9 Å². The number of hydrogen-bond donors (Lipinski definition) is 1. The Balaban J connectivity index is 1.49. The smallest absolute Gasteiger partial charge is 0.243 e. The van der Waals surface area contributed by atoms with Crippen LogP contribution in [0.2, 0.25) is 0 Å². The second-order valence-corrected chi connectivity index (χ2v) is 10.1. The number of carbonyl (C=O) groups is 2. The summed E-state index contributed by atoms with van der Waals surface area (Å²) in [6, 6.07) is 12.4. The highest BCUT2D eigenvalue weighted by Crippen LogP contribution is 2.23. The Labute approximate surface area is 191 Å². The summed E-state index contributed by atoms with van der Waals surface area (Å²) in [7, 11) is -3.49. The number of aryl methyl sites for hydroxylation is 2. The fourth-order valence-electron chi connectivity index (χ4n) is 4.06. The molecule has 0 saturated carbocycles. The third-order valence-electron chi connectivity index (χ3n) is 6.01. The summed E-state index contributed by atoms with van der Waals surface area (Å²) in [5.41, 5.74) is 4.08. The van der Waals surface area contributed by atoms with E-state index in [-0.39, 0.29) is 36.0 Å². The van der Waals surface area contributed by atoms with E-state index < -0.39 is 10.0 Å². The summed E-state index contributed by atoms with van der Waals surface area (Å²) < 4.78 is 26.5. The first-order chi connectivity index (χ1) is 15.3. The molecule has 0 aromatic heterocycles. The second-order valence-electron chi connectivity index (χ2n) is 8.12. The van der Waals surface area contributed by atoms with Gasteiger partial charge in [-0.15, -0.1) is 0 Å². The average Bonchev–Trinajstić information content (AvgIpc) is 2.81. The Morgan fingerprint density at radius 3 is 2.22 bits per heavy atom. The van der Waals surface area contributed by atoms with Gasteiger partial charge in [0, 0.05) is 38.0 Å². The van der Waals surface area contributed by atoms with Crippen LogP contribution in [0.5, 0.6) is 0 Å². The van der Waals surface area contributed by atoms with E-state index in [0.29, 0.717) is 18.7 Å². The van der Waals surface area contributed by atoms with E-state index in [0.717, 1.165) is 24.8 Å². The van der Waals surface area contributed by atoms with Crippen LogP contribution >= 0.6 is 0 Å². The van der Waals surface area contributed by atoms with Gasteiger partial charge in [-0.1, -0.05) is 38.1 Å². The molecule has 3 rings (SSSR count). The van der Waals surface area contributed by atoms with Crippen LogP contribution in [0.1, 0.15) is 66.6 Å². The molecule has 0 saturated heterocycles. The van der Waals surface area contributed by atoms with Crippen LogP contribution in [-0.4, -0.2) is 37.5 Å². The molecule has 0 bridgehead atoms. The third kappa shape index (κ3) is 5.84. The van der Waals surface area contributed by atoms with E-state index in [2.05, 4.69) is 5.32 Å². The van der Waals surface area contributed by atoms with Gasteiger partial charge >= 0.3 is 0 Å². The number of Topliss-reactive ketones (excluding diaryl/α,β-unsaturated/α-hetero) is 1. The van der Waals surface area contributed by atoms with Gasteiger partial charge in [0.25, 0.3) is 0 Å². The summed E-state index contributed by atoms with van der Waals surface area (Å²) in [6.45, 7) is 4.74. The third-order valence-corrected chi connectivity index (χ3v) is 8.07. The number of rotatable bonds is 10. The standard InChI is InChI=1S/C25H32N2O4S/c1-3-27(4-2)32(30,31)23-13-9-19(10-14-23)18-26-25(29)16-15-24(28)22-12-11-20-7-5-6-8-21(20)17-22/h9-14,17H,3-8,15-16,18H2,1-2H3,(H,26,29). The molecule has 0 unspecified atom stereocenters. The van der Waals surface area contributed by atoms with Crippen LogP contribution in [0.15, 0.2) is 47.4 Å². The summed E-state index contributed by atoms with van der Waals surface area (Å²) in [5.74, 6) is -0.212. The highest BCUT2D eigenvalue weighted by Gasteiger charge is 2.21. The first-order valence-corrected chi connectivity index (χ1v) is 12.8. The van der Waals surface area contributed by atoms with E-state index in [1.165, 1.54) is 21.9 Å². The minimum atomic E-state index is -3.49. The number of benzene rings is 2. The van der Waals surface area contributed by atoms with Crippen LogP contribution in [0.3, 0.4) is 0 Å². The Morgan fingerprint density at radius 1 is 0.906 bits per heavy atom. The lowest BCUT2D eigenvalue weighted by Gasteiger charge is -2.18. The van der Waals surface area contributed by atoms with E-state index in [4.69, 9.17) is 0 Å². The summed E-state index contributed by atoms with van der Waals surface area (Å²) in [6.07, 6.45) is 4.76. The molecule has 1 aliphatic carbocycles. The number of nitrogens with one attached hydrogen (secondary N) is 1. The predicted octanol–water partition coefficient (Wildman–Crippen LogP) is 3.88. The Hall–Kier alpha value is -2.51. The van der Waals surface area contributed by atoms with Gasteiger partial charge in [0.15, 0.2) is 5.78 Å². The van der Waals surface area contributed by atoms with Crippen molar-refractivity contribution in [3.63, 3.8) is 0 Å². The number of fused-ring (bicyclic) bond motifs is 1. The molecule has 0 aliphatic heterocycles. The van der Waals surface area contributed by atoms with Gasteiger partial charge in [-0.2, -0.15) is 4.31 Å². The summed E-state index contributed by atoms with van der Waals surface area (Å²) >= 11 is 0. The van der Waals surface area contributed by atoms with Gasteiger partial charge in [0.1, 0.15) is 0 Å². The van der Waals surface area contributed by atoms with Crippen molar-refractivity contribution in [2.24, 2.45) is 0 Å². The van der Waals surface area contributed by atoms with Crippen molar-refractivity contribution in [3.8, 4) is 0 Å². The quantitative estimate of drug-likeness (QED) is 0.550. The zero-order valence-electron chi connectivity index (χ0n) is 18.9. The van der Waals surface area contributed by atoms with E-state index in [1.54, 1.807) is 38.1 Å². The highest BCUT2D eigenvalue weighted by atomic mass is 32.2. The molecular weight excluding hydrogens is 424 g/mol. The lowest BCUT2D eigenvalue weighted by molar-refractivity contribution is -0.121. The molecule has 6 nitrogen and oxygen atoms in total. The molecule has 172 valence electrons. The lowest BCUT2D eigenvalue weighted by Crippen LogP contribution is -2.30. The largest absolute Gasteiger partial charge is 0.352 e. The zero-order valence-corrected chi connectivity index (χ0v) is 19.7. The fourth-order valence-corrected chi connectivity index (χ4v) is 5.52. The van der Waals surface area contributed by atoms with Gasteiger partial charge in [-0.25, -0.2) is 8.42 Å². The van der Waals surface area contributed by atoms with Gasteiger partial charge in [0.05, 0.1) is 4.90 Å². The molecular formula is C25H32N2O4S. The molecule has 0 fully saturated rings. The number of amides is 1. The van der Waals surface area contributed by atoms with Crippen molar-refractivity contribution in [1.82, 2.24) is 9.62 Å². The fraction of sp³-hybridized carbons (Fsp3) is 0.440. The maximum Gasteiger partial charge on any atom is 0.243 e. The van der Waals surface area contributed by atoms with Crippen molar-refractivity contribution in [3.05, 3.63) is 64.7 Å². The minimum Gasteiger partial charge on any atom is -0.352 e. The number of carbonyl (C=O) groups excluding carboxylic acids is 2. The molecule has 1 N–H and O–H groups in total. The average molecular weight is 457 g/mol. The van der Waals surface area contributed by atoms with Crippen molar-refractivity contribution >= 4 is 21.7 Å². The van der Waals surface area contributed by atoms with Crippen LogP contribution in [-0.2, 0) is 34.2 Å². The maximum atomic E-state index is 12.5. The first kappa shape index (κ1) is 24.1. The van der Waals surface area contributed by atoms with Crippen LogP contribution in [0, 0.1) is 0 Å². The van der Waals surface area contributed by atoms with E-state index in [9.17, 15) is 18.0 Å². The van der Waals surface area contributed by atoms with Gasteiger partial charge in [-0.05, 0) is 60.6 Å². The second kappa shape index (κ2) is 10.9. The van der Waals surface area contributed by atoms with Gasteiger partial charge < -0.3 is 5.32 Å². The lowest BCUT2D eigenvalue weighted by atomic mass is 9.89. The molecule has 7 heteroatoms. The van der Waals surface area contributed by atoms with E-state index >= 15 is 0 Å². The maximum absolute atomic E-state index is 12.5. The minimum absolute atomic E-state index is 0.0144. The number of nitrogens with zero attached hydrogens (tertiary/aromatic N) is 1. The highest BCUT2D eigenvalue weighted by molar-refractivity contribution is 7.89.